The molecule has 0 aliphatic carbocycles. The van der Waals surface area contributed by atoms with Crippen molar-refractivity contribution >= 4 is 5.91 Å². The number of hydrogen-bond donors (Lipinski definition) is 1. The van der Waals surface area contributed by atoms with E-state index in [2.05, 4.69) is 6.92 Å². The molecule has 1 aromatic rings. The van der Waals surface area contributed by atoms with Crippen molar-refractivity contribution in [3.05, 3.63) is 29.6 Å². The van der Waals surface area contributed by atoms with Gasteiger partial charge >= 0.3 is 0 Å². The van der Waals surface area contributed by atoms with E-state index in [-0.39, 0.29) is 23.3 Å². The van der Waals surface area contributed by atoms with Crippen LogP contribution in [0.15, 0.2) is 18.2 Å². The minimum Gasteiger partial charge on any atom is -0.496 e. The first kappa shape index (κ1) is 13.8. The predicted octanol–water partition coefficient (Wildman–Crippen LogP) is 1.64. The number of halogens is 1. The van der Waals surface area contributed by atoms with Gasteiger partial charge in [-0.3, -0.25) is 4.79 Å². The van der Waals surface area contributed by atoms with E-state index < -0.39 is 5.82 Å². The highest BCUT2D eigenvalue weighted by Gasteiger charge is 2.35. The van der Waals surface area contributed by atoms with Crippen LogP contribution in [0.4, 0.5) is 4.39 Å². The van der Waals surface area contributed by atoms with Crippen LogP contribution in [0, 0.1) is 11.7 Å². The third-order valence-electron chi connectivity index (χ3n) is 3.79. The van der Waals surface area contributed by atoms with Gasteiger partial charge in [0.25, 0.3) is 5.91 Å². The number of benzene rings is 1. The highest BCUT2D eigenvalue weighted by Crippen LogP contribution is 2.29. The minimum absolute atomic E-state index is 0.00227. The van der Waals surface area contributed by atoms with Crippen LogP contribution in [0.5, 0.6) is 5.75 Å². The van der Waals surface area contributed by atoms with Crippen molar-refractivity contribution in [2.45, 2.75) is 19.4 Å². The van der Waals surface area contributed by atoms with Gasteiger partial charge in [-0.15, -0.1) is 0 Å². The second kappa shape index (κ2) is 5.57. The molecule has 0 aromatic heterocycles. The minimum atomic E-state index is -0.556. The summed E-state index contributed by atoms with van der Waals surface area (Å²) in [6.07, 6.45) is 0.893. The Morgan fingerprint density at radius 2 is 2.32 bits per heavy atom. The Labute approximate surface area is 112 Å². The van der Waals surface area contributed by atoms with Crippen molar-refractivity contribution < 1.29 is 13.9 Å². The Hall–Kier alpha value is -1.62. The molecule has 1 aliphatic heterocycles. The number of likely N-dealkylation sites (tertiary alicyclic amines) is 1. The van der Waals surface area contributed by atoms with Crippen molar-refractivity contribution in [2.24, 2.45) is 11.7 Å². The maximum atomic E-state index is 13.9. The standard InChI is InChI=1S/C14H19FN2O2/c1-9-6-7-17(11(9)8-16)14(18)13-10(15)4-3-5-12(13)19-2/h3-5,9,11H,6-8,16H2,1-2H3. The molecule has 1 aromatic carbocycles. The summed E-state index contributed by atoms with van der Waals surface area (Å²) in [6, 6.07) is 4.36. The third-order valence-corrected chi connectivity index (χ3v) is 3.79. The number of carbonyl (C=O) groups is 1. The Kier molecular flexibility index (Phi) is 4.04. The van der Waals surface area contributed by atoms with Crippen LogP contribution in [0.3, 0.4) is 0 Å². The molecule has 0 saturated carbocycles. The highest BCUT2D eigenvalue weighted by molar-refractivity contribution is 5.97. The molecule has 0 radical (unpaired) electrons. The summed E-state index contributed by atoms with van der Waals surface area (Å²) in [6.45, 7) is 3.06. The van der Waals surface area contributed by atoms with Crippen LogP contribution in [0.1, 0.15) is 23.7 Å². The summed E-state index contributed by atoms with van der Waals surface area (Å²) in [5, 5.41) is 0. The largest absolute Gasteiger partial charge is 0.496 e. The SMILES string of the molecule is COc1cccc(F)c1C(=O)N1CCC(C)C1CN. The van der Waals surface area contributed by atoms with E-state index >= 15 is 0 Å². The molecule has 104 valence electrons. The fraction of sp³-hybridized carbons (Fsp3) is 0.500. The summed E-state index contributed by atoms with van der Waals surface area (Å²) in [5.41, 5.74) is 5.72. The zero-order chi connectivity index (χ0) is 14.0. The average Bonchev–Trinajstić information content (AvgIpc) is 2.78. The first-order valence-electron chi connectivity index (χ1n) is 6.43. The predicted molar refractivity (Wildman–Crippen MR) is 70.6 cm³/mol. The van der Waals surface area contributed by atoms with Crippen LogP contribution < -0.4 is 10.5 Å². The first-order valence-corrected chi connectivity index (χ1v) is 6.43. The molecule has 2 rings (SSSR count). The fourth-order valence-electron chi connectivity index (χ4n) is 2.65. The molecule has 2 unspecified atom stereocenters. The molecule has 4 nitrogen and oxygen atoms in total. The zero-order valence-corrected chi connectivity index (χ0v) is 11.2. The van der Waals surface area contributed by atoms with Gasteiger partial charge in [-0.05, 0) is 24.5 Å². The van der Waals surface area contributed by atoms with Crippen LogP contribution in [-0.4, -0.2) is 37.0 Å². The summed E-state index contributed by atoms with van der Waals surface area (Å²) in [5.74, 6) is -0.290. The van der Waals surface area contributed by atoms with E-state index in [4.69, 9.17) is 10.5 Å². The van der Waals surface area contributed by atoms with Gasteiger partial charge in [0.05, 0.1) is 7.11 Å². The van der Waals surface area contributed by atoms with Gasteiger partial charge in [-0.1, -0.05) is 13.0 Å². The average molecular weight is 266 g/mol. The maximum absolute atomic E-state index is 13.9. The van der Waals surface area contributed by atoms with E-state index in [9.17, 15) is 9.18 Å². The van der Waals surface area contributed by atoms with Crippen LogP contribution in [0.2, 0.25) is 0 Å². The van der Waals surface area contributed by atoms with E-state index in [1.807, 2.05) is 0 Å². The molecule has 0 bridgehead atoms. The maximum Gasteiger partial charge on any atom is 0.260 e. The molecule has 1 aliphatic rings. The molecule has 0 spiro atoms. The lowest BCUT2D eigenvalue weighted by molar-refractivity contribution is 0.0719. The van der Waals surface area contributed by atoms with Crippen LogP contribution in [0.25, 0.3) is 0 Å². The first-order chi connectivity index (χ1) is 9.10. The van der Waals surface area contributed by atoms with Crippen LogP contribution in [-0.2, 0) is 0 Å². The van der Waals surface area contributed by atoms with E-state index in [0.717, 1.165) is 6.42 Å². The summed E-state index contributed by atoms with van der Waals surface area (Å²) >= 11 is 0. The topological polar surface area (TPSA) is 55.6 Å². The molecule has 1 fully saturated rings. The fourth-order valence-corrected chi connectivity index (χ4v) is 2.65. The van der Waals surface area contributed by atoms with Crippen molar-refractivity contribution in [1.29, 1.82) is 0 Å². The summed E-state index contributed by atoms with van der Waals surface area (Å²) < 4.78 is 19.0. The molecule has 2 atom stereocenters. The molecule has 5 heteroatoms. The molecule has 2 N–H and O–H groups in total. The molecule has 1 amide bonds. The lowest BCUT2D eigenvalue weighted by Gasteiger charge is -2.26. The van der Waals surface area contributed by atoms with Gasteiger partial charge in [0.15, 0.2) is 0 Å². The van der Waals surface area contributed by atoms with Gasteiger partial charge in [-0.25, -0.2) is 4.39 Å². The Bertz CT molecular complexity index is 479. The van der Waals surface area contributed by atoms with E-state index in [1.54, 1.807) is 11.0 Å². The van der Waals surface area contributed by atoms with Crippen molar-refractivity contribution in [3.63, 3.8) is 0 Å². The van der Waals surface area contributed by atoms with E-state index in [1.165, 1.54) is 19.2 Å². The van der Waals surface area contributed by atoms with Gasteiger partial charge < -0.3 is 15.4 Å². The number of nitrogens with zero attached hydrogens (tertiary/aromatic N) is 1. The second-order valence-corrected chi connectivity index (χ2v) is 4.88. The number of ether oxygens (including phenoxy) is 1. The van der Waals surface area contributed by atoms with Gasteiger partial charge in [0.2, 0.25) is 0 Å². The Morgan fingerprint density at radius 1 is 1.58 bits per heavy atom. The van der Waals surface area contributed by atoms with Crippen LogP contribution >= 0.6 is 0 Å². The van der Waals surface area contributed by atoms with Gasteiger partial charge in [0.1, 0.15) is 17.1 Å². The zero-order valence-electron chi connectivity index (χ0n) is 11.2. The van der Waals surface area contributed by atoms with Gasteiger partial charge in [-0.2, -0.15) is 0 Å². The summed E-state index contributed by atoms with van der Waals surface area (Å²) in [4.78, 5) is 14.2. The van der Waals surface area contributed by atoms with Gasteiger partial charge in [0, 0.05) is 19.1 Å². The monoisotopic (exact) mass is 266 g/mol. The number of rotatable bonds is 3. The number of amides is 1. The smallest absolute Gasteiger partial charge is 0.260 e. The number of nitrogens with two attached hydrogens (primary N) is 1. The normalized spacial score (nSPS) is 22.6. The second-order valence-electron chi connectivity index (χ2n) is 4.88. The Balaban J connectivity index is 2.35. The van der Waals surface area contributed by atoms with Crippen molar-refractivity contribution in [2.75, 3.05) is 20.2 Å². The molecule has 1 saturated heterocycles. The molecule has 1 heterocycles. The lowest BCUT2D eigenvalue weighted by Crippen LogP contribution is -2.42. The van der Waals surface area contributed by atoms with Crippen molar-refractivity contribution in [3.8, 4) is 5.75 Å². The number of carbonyl (C=O) groups excluding carboxylic acids is 1. The lowest BCUT2D eigenvalue weighted by atomic mass is 10.0. The third kappa shape index (κ3) is 2.42. The number of hydrogen-bond acceptors (Lipinski definition) is 3. The molecular weight excluding hydrogens is 247 g/mol. The van der Waals surface area contributed by atoms with Crippen molar-refractivity contribution in [1.82, 2.24) is 4.90 Å². The van der Waals surface area contributed by atoms with E-state index in [0.29, 0.717) is 19.0 Å². The molecular formula is C14H19FN2O2. The summed E-state index contributed by atoms with van der Waals surface area (Å²) in [7, 11) is 1.43. The number of methoxy groups -OCH3 is 1. The highest BCUT2D eigenvalue weighted by atomic mass is 19.1. The Morgan fingerprint density at radius 3 is 2.95 bits per heavy atom. The quantitative estimate of drug-likeness (QED) is 0.905. The molecule has 19 heavy (non-hydrogen) atoms.